The van der Waals surface area contributed by atoms with Gasteiger partial charge in [0.2, 0.25) is 0 Å². The normalized spacial score (nSPS) is 10.9. The van der Waals surface area contributed by atoms with Crippen molar-refractivity contribution in [2.75, 3.05) is 0 Å². The van der Waals surface area contributed by atoms with Crippen LogP contribution < -0.4 is 4.57 Å². The predicted molar refractivity (Wildman–Crippen MR) is 77.5 cm³/mol. The summed E-state index contributed by atoms with van der Waals surface area (Å²) in [6, 6.07) is 10.8. The number of unbranched alkanes of at least 4 members (excludes halogenated alkanes) is 5. The smallest absolute Gasteiger partial charge is 0.176 e. The van der Waals surface area contributed by atoms with Gasteiger partial charge in [-0.3, -0.25) is 0 Å². The van der Waals surface area contributed by atoms with E-state index in [0.29, 0.717) is 0 Å². The van der Waals surface area contributed by atoms with E-state index in [2.05, 4.69) is 54.2 Å². The minimum atomic E-state index is 1.15. The highest BCUT2D eigenvalue weighted by atomic mass is 14.9. The van der Waals surface area contributed by atoms with Gasteiger partial charge in [0, 0.05) is 17.9 Å². The molecule has 1 nitrogen and oxygen atoms in total. The van der Waals surface area contributed by atoms with Crippen LogP contribution in [0.3, 0.4) is 0 Å². The summed E-state index contributed by atoms with van der Waals surface area (Å²) in [5, 5.41) is 2.67. The average Bonchev–Trinajstić information content (AvgIpc) is 2.42. The van der Waals surface area contributed by atoms with Crippen molar-refractivity contribution >= 4 is 10.8 Å². The lowest BCUT2D eigenvalue weighted by Gasteiger charge is -2.00. The summed E-state index contributed by atoms with van der Waals surface area (Å²) in [6.07, 6.45) is 12.6. The molecule has 0 amide bonds. The molecule has 0 radical (unpaired) electrons. The van der Waals surface area contributed by atoms with E-state index in [4.69, 9.17) is 0 Å². The minimum absolute atomic E-state index is 1.15. The summed E-state index contributed by atoms with van der Waals surface area (Å²) in [5.74, 6) is 0. The van der Waals surface area contributed by atoms with Gasteiger partial charge in [-0.25, -0.2) is 4.57 Å². The van der Waals surface area contributed by atoms with Crippen LogP contribution in [0.2, 0.25) is 0 Å². The van der Waals surface area contributed by atoms with Gasteiger partial charge in [-0.1, -0.05) is 50.8 Å². The number of hydrogen-bond donors (Lipinski definition) is 0. The topological polar surface area (TPSA) is 3.88 Å². The van der Waals surface area contributed by atoms with Crippen molar-refractivity contribution in [2.45, 2.75) is 52.0 Å². The van der Waals surface area contributed by atoms with E-state index in [1.807, 2.05) is 0 Å². The molecule has 96 valence electrons. The van der Waals surface area contributed by atoms with Gasteiger partial charge >= 0.3 is 0 Å². The maximum Gasteiger partial charge on any atom is 0.176 e. The second kappa shape index (κ2) is 7.15. The van der Waals surface area contributed by atoms with Crippen LogP contribution in [0.5, 0.6) is 0 Å². The van der Waals surface area contributed by atoms with Gasteiger partial charge < -0.3 is 0 Å². The number of aromatic nitrogens is 1. The minimum Gasteiger partial charge on any atom is -0.205 e. The van der Waals surface area contributed by atoms with Crippen LogP contribution in [0.4, 0.5) is 0 Å². The molecular formula is C17H24N+. The lowest BCUT2D eigenvalue weighted by Crippen LogP contribution is -2.32. The van der Waals surface area contributed by atoms with Gasteiger partial charge in [0.05, 0.1) is 0 Å². The van der Waals surface area contributed by atoms with E-state index in [1.54, 1.807) is 0 Å². The van der Waals surface area contributed by atoms with Crippen molar-refractivity contribution in [1.82, 2.24) is 0 Å². The molecule has 1 aromatic heterocycles. The van der Waals surface area contributed by atoms with Gasteiger partial charge in [0.1, 0.15) is 6.54 Å². The molecule has 0 unspecified atom stereocenters. The van der Waals surface area contributed by atoms with E-state index in [0.717, 1.165) is 6.54 Å². The van der Waals surface area contributed by atoms with E-state index in [1.165, 1.54) is 49.3 Å². The summed E-state index contributed by atoms with van der Waals surface area (Å²) < 4.78 is 2.32. The molecule has 0 fully saturated rings. The fourth-order valence-corrected chi connectivity index (χ4v) is 2.39. The Labute approximate surface area is 110 Å². The first kappa shape index (κ1) is 13.1. The molecule has 1 heteroatoms. The van der Waals surface area contributed by atoms with Crippen molar-refractivity contribution in [3.05, 3.63) is 42.7 Å². The van der Waals surface area contributed by atoms with Crippen LogP contribution in [-0.2, 0) is 6.54 Å². The van der Waals surface area contributed by atoms with E-state index >= 15 is 0 Å². The summed E-state index contributed by atoms with van der Waals surface area (Å²) in [4.78, 5) is 0. The second-order valence-corrected chi connectivity index (χ2v) is 5.08. The van der Waals surface area contributed by atoms with E-state index < -0.39 is 0 Å². The lowest BCUT2D eigenvalue weighted by atomic mass is 10.1. The van der Waals surface area contributed by atoms with Crippen LogP contribution >= 0.6 is 0 Å². The van der Waals surface area contributed by atoms with Crippen molar-refractivity contribution < 1.29 is 4.57 Å². The van der Waals surface area contributed by atoms with E-state index in [9.17, 15) is 0 Å². The molecule has 0 atom stereocenters. The van der Waals surface area contributed by atoms with Gasteiger partial charge in [0.25, 0.3) is 0 Å². The molecule has 0 spiro atoms. The molecule has 0 aliphatic rings. The Bertz CT molecular complexity index is 476. The summed E-state index contributed by atoms with van der Waals surface area (Å²) in [7, 11) is 0. The van der Waals surface area contributed by atoms with Gasteiger partial charge in [-0.15, -0.1) is 0 Å². The van der Waals surface area contributed by atoms with Crippen molar-refractivity contribution in [1.29, 1.82) is 0 Å². The first-order valence-electron chi connectivity index (χ1n) is 7.28. The average molecular weight is 242 g/mol. The first-order chi connectivity index (χ1) is 8.90. The molecule has 0 aliphatic heterocycles. The quantitative estimate of drug-likeness (QED) is 0.497. The van der Waals surface area contributed by atoms with Gasteiger partial charge in [0.15, 0.2) is 12.4 Å². The molecular weight excluding hydrogens is 218 g/mol. The third-order valence-corrected chi connectivity index (χ3v) is 3.52. The Morgan fingerprint density at radius 2 is 1.56 bits per heavy atom. The van der Waals surface area contributed by atoms with Crippen molar-refractivity contribution in [2.24, 2.45) is 0 Å². The molecule has 0 aliphatic carbocycles. The molecule has 0 N–H and O–H groups in total. The van der Waals surface area contributed by atoms with Crippen LogP contribution in [0.15, 0.2) is 42.7 Å². The van der Waals surface area contributed by atoms with Crippen LogP contribution in [-0.4, -0.2) is 0 Å². The fraction of sp³-hybridized carbons (Fsp3) is 0.471. The molecule has 0 saturated carbocycles. The highest BCUT2D eigenvalue weighted by Gasteiger charge is 2.02. The monoisotopic (exact) mass is 242 g/mol. The summed E-state index contributed by atoms with van der Waals surface area (Å²) in [5.41, 5.74) is 0. The maximum absolute atomic E-state index is 2.32. The molecule has 0 saturated heterocycles. The van der Waals surface area contributed by atoms with Crippen LogP contribution in [0.1, 0.15) is 45.4 Å². The Morgan fingerprint density at radius 1 is 0.833 bits per heavy atom. The lowest BCUT2D eigenvalue weighted by molar-refractivity contribution is -0.696. The zero-order valence-corrected chi connectivity index (χ0v) is 11.4. The zero-order chi connectivity index (χ0) is 12.6. The SMILES string of the molecule is CCCCCCCC[n+]1ccc2ccccc2c1. The zero-order valence-electron chi connectivity index (χ0n) is 11.4. The third kappa shape index (κ3) is 3.83. The fourth-order valence-electron chi connectivity index (χ4n) is 2.39. The van der Waals surface area contributed by atoms with E-state index in [-0.39, 0.29) is 0 Å². The number of pyridine rings is 1. The molecule has 0 bridgehead atoms. The Morgan fingerprint density at radius 3 is 2.39 bits per heavy atom. The molecule has 2 aromatic rings. The number of nitrogens with zero attached hydrogens (tertiary/aromatic N) is 1. The Kier molecular flexibility index (Phi) is 5.19. The molecule has 1 aromatic carbocycles. The standard InChI is InChI=1S/C17H24N/c1-2-3-4-5-6-9-13-18-14-12-16-10-7-8-11-17(16)15-18/h7-8,10-12,14-15H,2-6,9,13H2,1H3/q+1. The highest BCUT2D eigenvalue weighted by Crippen LogP contribution is 2.10. The number of benzene rings is 1. The number of fused-ring (bicyclic) bond motifs is 1. The van der Waals surface area contributed by atoms with Gasteiger partial charge in [-0.05, 0) is 17.9 Å². The molecule has 1 heterocycles. The second-order valence-electron chi connectivity index (χ2n) is 5.08. The summed E-state index contributed by atoms with van der Waals surface area (Å²) in [6.45, 7) is 3.42. The number of aryl methyl sites for hydroxylation is 1. The van der Waals surface area contributed by atoms with Crippen LogP contribution in [0, 0.1) is 0 Å². The first-order valence-corrected chi connectivity index (χ1v) is 7.28. The van der Waals surface area contributed by atoms with Crippen molar-refractivity contribution in [3.8, 4) is 0 Å². The predicted octanol–water partition coefficient (Wildman–Crippen LogP) is 4.49. The Hall–Kier alpha value is -1.37. The Balaban J connectivity index is 1.81. The third-order valence-electron chi connectivity index (χ3n) is 3.52. The van der Waals surface area contributed by atoms with Crippen LogP contribution in [0.25, 0.3) is 10.8 Å². The highest BCUT2D eigenvalue weighted by molar-refractivity contribution is 5.80. The van der Waals surface area contributed by atoms with Crippen molar-refractivity contribution in [3.63, 3.8) is 0 Å². The number of rotatable bonds is 7. The van der Waals surface area contributed by atoms with Gasteiger partial charge in [-0.2, -0.15) is 0 Å². The largest absolute Gasteiger partial charge is 0.205 e. The maximum atomic E-state index is 2.32. The molecule has 18 heavy (non-hydrogen) atoms. The summed E-state index contributed by atoms with van der Waals surface area (Å²) >= 11 is 0. The number of hydrogen-bond acceptors (Lipinski definition) is 0. The molecule has 2 rings (SSSR count).